The quantitative estimate of drug-likeness (QED) is 0.838. The van der Waals surface area contributed by atoms with Gasteiger partial charge in [-0.3, -0.25) is 9.48 Å². The molecule has 0 saturated carbocycles. The van der Waals surface area contributed by atoms with Gasteiger partial charge in [0.05, 0.1) is 21.9 Å². The summed E-state index contributed by atoms with van der Waals surface area (Å²) in [6.45, 7) is 4.36. The number of hydrogen-bond acceptors (Lipinski definition) is 3. The number of carbonyl (C=O) groups excluding carboxylic acids is 1. The highest BCUT2D eigenvalue weighted by molar-refractivity contribution is 9.10. The van der Waals surface area contributed by atoms with Crippen LogP contribution in [-0.4, -0.2) is 21.7 Å². The number of primary amides is 1. The van der Waals surface area contributed by atoms with Crippen molar-refractivity contribution in [3.05, 3.63) is 15.9 Å². The summed E-state index contributed by atoms with van der Waals surface area (Å²) in [6.07, 6.45) is 0.875. The van der Waals surface area contributed by atoms with Crippen molar-refractivity contribution in [3.63, 3.8) is 0 Å². The Bertz CT molecular complexity index is 388. The van der Waals surface area contributed by atoms with Gasteiger partial charge in [-0.15, -0.1) is 0 Å². The molecule has 1 rings (SSSR count). The van der Waals surface area contributed by atoms with Crippen molar-refractivity contribution >= 4 is 21.8 Å². The molecule has 1 unspecified atom stereocenters. The number of aryl methyl sites for hydroxylation is 2. The summed E-state index contributed by atoms with van der Waals surface area (Å²) in [6, 6.07) is -0.341. The smallest absolute Gasteiger partial charge is 0.234 e. The predicted octanol–water partition coefficient (Wildman–Crippen LogP) is 0.708. The van der Waals surface area contributed by atoms with Gasteiger partial charge in [0.25, 0.3) is 0 Å². The van der Waals surface area contributed by atoms with Gasteiger partial charge in [-0.05, 0) is 29.3 Å². The Hall–Kier alpha value is -0.880. The second kappa shape index (κ2) is 5.45. The van der Waals surface area contributed by atoms with Gasteiger partial charge >= 0.3 is 0 Å². The summed E-state index contributed by atoms with van der Waals surface area (Å²) in [7, 11) is 1.88. The van der Waals surface area contributed by atoms with Crippen LogP contribution in [0.25, 0.3) is 0 Å². The number of amides is 1. The second-order valence-electron chi connectivity index (χ2n) is 3.69. The molecule has 0 radical (unpaired) electrons. The van der Waals surface area contributed by atoms with Crippen molar-refractivity contribution in [2.24, 2.45) is 12.8 Å². The normalized spacial score (nSPS) is 12.8. The fourth-order valence-electron chi connectivity index (χ4n) is 1.36. The molecule has 0 aliphatic rings. The highest BCUT2D eigenvalue weighted by atomic mass is 79.9. The third-order valence-corrected chi connectivity index (χ3v) is 3.42. The van der Waals surface area contributed by atoms with E-state index >= 15 is 0 Å². The van der Waals surface area contributed by atoms with E-state index in [-0.39, 0.29) is 11.9 Å². The summed E-state index contributed by atoms with van der Waals surface area (Å²) < 4.78 is 2.81. The first-order valence-electron chi connectivity index (χ1n) is 5.20. The number of rotatable bonds is 5. The predicted molar refractivity (Wildman–Crippen MR) is 65.8 cm³/mol. The van der Waals surface area contributed by atoms with E-state index in [1.54, 1.807) is 6.92 Å². The maximum atomic E-state index is 10.9. The zero-order chi connectivity index (χ0) is 12.3. The van der Waals surface area contributed by atoms with Crippen molar-refractivity contribution in [3.8, 4) is 0 Å². The number of carbonyl (C=O) groups is 1. The van der Waals surface area contributed by atoms with Crippen LogP contribution in [0.3, 0.4) is 0 Å². The molecular weight excluding hydrogens is 272 g/mol. The molecule has 1 heterocycles. The minimum Gasteiger partial charge on any atom is -0.368 e. The average Bonchev–Trinajstić information content (AvgIpc) is 2.51. The van der Waals surface area contributed by atoms with E-state index in [4.69, 9.17) is 5.73 Å². The molecule has 0 saturated heterocycles. The molecule has 0 aromatic carbocycles. The van der Waals surface area contributed by atoms with Crippen LogP contribution in [0.1, 0.15) is 25.2 Å². The molecule has 0 spiro atoms. The zero-order valence-corrected chi connectivity index (χ0v) is 11.3. The molecule has 6 heteroatoms. The van der Waals surface area contributed by atoms with E-state index in [1.165, 1.54) is 0 Å². The standard InChI is InChI=1S/C10H17BrN4O/c1-4-7-9(11)8(15(3)14-7)5-13-6(2)10(12)16/h6,13H,4-5H2,1-3H3,(H2,12,16). The Morgan fingerprint density at radius 2 is 2.31 bits per heavy atom. The maximum Gasteiger partial charge on any atom is 0.234 e. The Kier molecular flexibility index (Phi) is 4.49. The molecule has 1 atom stereocenters. The van der Waals surface area contributed by atoms with Crippen LogP contribution < -0.4 is 11.1 Å². The van der Waals surface area contributed by atoms with Gasteiger partial charge < -0.3 is 11.1 Å². The molecular formula is C10H17BrN4O. The SMILES string of the molecule is CCc1nn(C)c(CNC(C)C(N)=O)c1Br. The number of aromatic nitrogens is 2. The number of nitrogens with two attached hydrogens (primary N) is 1. The molecule has 0 fully saturated rings. The molecule has 90 valence electrons. The monoisotopic (exact) mass is 288 g/mol. The molecule has 0 aliphatic heterocycles. The first-order chi connectivity index (χ1) is 7.47. The van der Waals surface area contributed by atoms with E-state index in [2.05, 4.69) is 33.3 Å². The molecule has 0 aliphatic carbocycles. The Labute approximate surface area is 104 Å². The van der Waals surface area contributed by atoms with Crippen LogP contribution in [0.2, 0.25) is 0 Å². The molecule has 1 aromatic rings. The van der Waals surface area contributed by atoms with E-state index in [0.717, 1.165) is 22.3 Å². The van der Waals surface area contributed by atoms with Gasteiger partial charge in [-0.2, -0.15) is 5.10 Å². The Morgan fingerprint density at radius 1 is 1.69 bits per heavy atom. The van der Waals surface area contributed by atoms with Crippen LogP contribution in [0.4, 0.5) is 0 Å². The third-order valence-electron chi connectivity index (χ3n) is 2.51. The number of hydrogen-bond donors (Lipinski definition) is 2. The van der Waals surface area contributed by atoms with Gasteiger partial charge in [0.1, 0.15) is 0 Å². The minimum atomic E-state index is -0.353. The van der Waals surface area contributed by atoms with Gasteiger partial charge in [0, 0.05) is 13.6 Å². The zero-order valence-electron chi connectivity index (χ0n) is 9.75. The average molecular weight is 289 g/mol. The molecule has 3 N–H and O–H groups in total. The van der Waals surface area contributed by atoms with E-state index in [1.807, 2.05) is 11.7 Å². The first-order valence-corrected chi connectivity index (χ1v) is 5.99. The second-order valence-corrected chi connectivity index (χ2v) is 4.48. The topological polar surface area (TPSA) is 72.9 Å². The molecule has 0 bridgehead atoms. The van der Waals surface area contributed by atoms with Crippen LogP contribution >= 0.6 is 15.9 Å². The molecule has 5 nitrogen and oxygen atoms in total. The Balaban J connectivity index is 2.74. The van der Waals surface area contributed by atoms with Crippen LogP contribution in [0, 0.1) is 0 Å². The lowest BCUT2D eigenvalue weighted by atomic mass is 10.2. The molecule has 16 heavy (non-hydrogen) atoms. The maximum absolute atomic E-state index is 10.9. The van der Waals surface area contributed by atoms with Crippen molar-refractivity contribution in [2.45, 2.75) is 32.9 Å². The number of nitrogens with zero attached hydrogens (tertiary/aromatic N) is 2. The summed E-state index contributed by atoms with van der Waals surface area (Å²) in [5.41, 5.74) is 7.21. The number of halogens is 1. The lowest BCUT2D eigenvalue weighted by Crippen LogP contribution is -2.38. The van der Waals surface area contributed by atoms with Crippen LogP contribution in [0.15, 0.2) is 4.47 Å². The minimum absolute atomic E-state index is 0.341. The van der Waals surface area contributed by atoms with Crippen LogP contribution in [0.5, 0.6) is 0 Å². The summed E-state index contributed by atoms with van der Waals surface area (Å²) >= 11 is 3.51. The first kappa shape index (κ1) is 13.2. The van der Waals surface area contributed by atoms with Crippen molar-refractivity contribution in [1.29, 1.82) is 0 Å². The number of nitrogens with one attached hydrogen (secondary N) is 1. The van der Waals surface area contributed by atoms with Gasteiger partial charge in [0.15, 0.2) is 0 Å². The van der Waals surface area contributed by atoms with E-state index in [9.17, 15) is 4.79 Å². The fourth-order valence-corrected chi connectivity index (χ4v) is 2.12. The summed E-state index contributed by atoms with van der Waals surface area (Å²) in [5.74, 6) is -0.353. The summed E-state index contributed by atoms with van der Waals surface area (Å²) in [4.78, 5) is 10.9. The largest absolute Gasteiger partial charge is 0.368 e. The van der Waals surface area contributed by atoms with Crippen LogP contribution in [-0.2, 0) is 24.8 Å². The van der Waals surface area contributed by atoms with Crippen molar-refractivity contribution in [2.75, 3.05) is 0 Å². The highest BCUT2D eigenvalue weighted by Crippen LogP contribution is 2.21. The van der Waals surface area contributed by atoms with Crippen molar-refractivity contribution < 1.29 is 4.79 Å². The fraction of sp³-hybridized carbons (Fsp3) is 0.600. The van der Waals surface area contributed by atoms with Gasteiger partial charge in [-0.1, -0.05) is 6.92 Å². The lowest BCUT2D eigenvalue weighted by Gasteiger charge is -2.10. The molecule has 1 aromatic heterocycles. The van der Waals surface area contributed by atoms with Crippen molar-refractivity contribution in [1.82, 2.24) is 15.1 Å². The lowest BCUT2D eigenvalue weighted by molar-refractivity contribution is -0.119. The third kappa shape index (κ3) is 2.82. The molecule has 1 amide bonds. The summed E-state index contributed by atoms with van der Waals surface area (Å²) in [5, 5.41) is 7.42. The van der Waals surface area contributed by atoms with E-state index in [0.29, 0.717) is 6.54 Å². The Morgan fingerprint density at radius 3 is 2.75 bits per heavy atom. The highest BCUT2D eigenvalue weighted by Gasteiger charge is 2.14. The van der Waals surface area contributed by atoms with Gasteiger partial charge in [0.2, 0.25) is 5.91 Å². The van der Waals surface area contributed by atoms with Gasteiger partial charge in [-0.25, -0.2) is 0 Å². The van der Waals surface area contributed by atoms with E-state index < -0.39 is 0 Å².